The first-order valence-corrected chi connectivity index (χ1v) is 9.81. The standard InChI is InChI=1S/C22H23ClFN3O3/c1-14(26(2)22(29)25-15-8-9-20(24)19(23)12-15)18-13-27(10-11-30-3)21(28)17-7-5-4-6-16(17)18/h4-9,12-14H,10-11H2,1-3H3,(H,25,29)/t14-/m0/s1. The molecule has 1 aromatic heterocycles. The fourth-order valence-electron chi connectivity index (χ4n) is 3.23. The molecule has 0 bridgehead atoms. The van der Waals surface area contributed by atoms with E-state index < -0.39 is 5.82 Å². The van der Waals surface area contributed by atoms with Crippen LogP contribution < -0.4 is 10.9 Å². The second-order valence-corrected chi connectivity index (χ2v) is 7.37. The summed E-state index contributed by atoms with van der Waals surface area (Å²) in [7, 11) is 3.24. The first-order valence-electron chi connectivity index (χ1n) is 9.43. The number of nitrogens with zero attached hydrogens (tertiary/aromatic N) is 2. The van der Waals surface area contributed by atoms with Crippen LogP contribution in [0.15, 0.2) is 53.5 Å². The van der Waals surface area contributed by atoms with Crippen molar-refractivity contribution in [3.8, 4) is 0 Å². The Kier molecular flexibility index (Phi) is 6.74. The van der Waals surface area contributed by atoms with Crippen LogP contribution in [0.3, 0.4) is 0 Å². The normalized spacial score (nSPS) is 12.0. The van der Waals surface area contributed by atoms with Crippen LogP contribution in [0, 0.1) is 5.82 Å². The molecule has 3 aromatic rings. The maximum Gasteiger partial charge on any atom is 0.322 e. The summed E-state index contributed by atoms with van der Waals surface area (Å²) in [6, 6.07) is 10.6. The van der Waals surface area contributed by atoms with Crippen LogP contribution >= 0.6 is 11.6 Å². The van der Waals surface area contributed by atoms with E-state index in [2.05, 4.69) is 5.32 Å². The van der Waals surface area contributed by atoms with Gasteiger partial charge in [-0.15, -0.1) is 0 Å². The lowest BCUT2D eigenvalue weighted by Crippen LogP contribution is -2.34. The molecule has 8 heteroatoms. The zero-order valence-corrected chi connectivity index (χ0v) is 17.7. The number of anilines is 1. The van der Waals surface area contributed by atoms with Crippen LogP contribution in [-0.4, -0.2) is 36.3 Å². The molecule has 0 fully saturated rings. The number of rotatable bonds is 6. The van der Waals surface area contributed by atoms with Gasteiger partial charge in [0.25, 0.3) is 5.56 Å². The molecule has 6 nitrogen and oxygen atoms in total. The number of methoxy groups -OCH3 is 1. The monoisotopic (exact) mass is 431 g/mol. The van der Waals surface area contributed by atoms with Gasteiger partial charge in [-0.25, -0.2) is 9.18 Å². The average Bonchev–Trinajstić information content (AvgIpc) is 2.75. The molecule has 3 rings (SSSR count). The molecule has 2 aromatic carbocycles. The molecular formula is C22H23ClFN3O3. The molecule has 2 amide bonds. The van der Waals surface area contributed by atoms with E-state index in [0.717, 1.165) is 10.9 Å². The number of nitrogens with one attached hydrogen (secondary N) is 1. The molecule has 158 valence electrons. The van der Waals surface area contributed by atoms with Crippen molar-refractivity contribution in [3.05, 3.63) is 75.4 Å². The van der Waals surface area contributed by atoms with E-state index >= 15 is 0 Å². The van der Waals surface area contributed by atoms with Crippen molar-refractivity contribution in [2.45, 2.75) is 19.5 Å². The first-order chi connectivity index (χ1) is 14.3. The van der Waals surface area contributed by atoms with Gasteiger partial charge < -0.3 is 19.5 Å². The summed E-state index contributed by atoms with van der Waals surface area (Å²) in [4.78, 5) is 27.1. The molecule has 0 unspecified atom stereocenters. The third kappa shape index (κ3) is 4.47. The highest BCUT2D eigenvalue weighted by Crippen LogP contribution is 2.27. The van der Waals surface area contributed by atoms with Crippen molar-refractivity contribution in [2.24, 2.45) is 0 Å². The fraction of sp³-hybridized carbons (Fsp3) is 0.273. The van der Waals surface area contributed by atoms with E-state index in [1.807, 2.05) is 25.1 Å². The van der Waals surface area contributed by atoms with E-state index in [-0.39, 0.29) is 22.7 Å². The molecule has 0 aliphatic carbocycles. The number of fused-ring (bicyclic) bond motifs is 1. The number of carbonyl (C=O) groups is 1. The third-order valence-electron chi connectivity index (χ3n) is 5.08. The van der Waals surface area contributed by atoms with Gasteiger partial charge in [0.1, 0.15) is 5.82 Å². The molecule has 0 aliphatic heterocycles. The topological polar surface area (TPSA) is 63.6 Å². The minimum absolute atomic E-state index is 0.0697. The first kappa shape index (κ1) is 21.8. The predicted octanol–water partition coefficient (Wildman–Crippen LogP) is 4.67. The zero-order valence-electron chi connectivity index (χ0n) is 17.0. The van der Waals surface area contributed by atoms with E-state index in [9.17, 15) is 14.0 Å². The highest BCUT2D eigenvalue weighted by Gasteiger charge is 2.21. The number of ether oxygens (including phenoxy) is 1. The zero-order chi connectivity index (χ0) is 21.8. The van der Waals surface area contributed by atoms with E-state index in [1.165, 1.54) is 23.1 Å². The van der Waals surface area contributed by atoms with E-state index in [1.54, 1.807) is 31.0 Å². The van der Waals surface area contributed by atoms with Crippen LogP contribution in [0.25, 0.3) is 10.8 Å². The maximum atomic E-state index is 13.4. The molecule has 0 radical (unpaired) electrons. The van der Waals surface area contributed by atoms with Crippen LogP contribution in [0.4, 0.5) is 14.9 Å². The molecule has 1 atom stereocenters. The number of hydrogen-bond acceptors (Lipinski definition) is 3. The lowest BCUT2D eigenvalue weighted by atomic mass is 10.0. The van der Waals surface area contributed by atoms with Gasteiger partial charge in [-0.3, -0.25) is 4.79 Å². The van der Waals surface area contributed by atoms with Gasteiger partial charge >= 0.3 is 6.03 Å². The highest BCUT2D eigenvalue weighted by atomic mass is 35.5. The molecule has 0 saturated carbocycles. The van der Waals surface area contributed by atoms with E-state index in [4.69, 9.17) is 16.3 Å². The van der Waals surface area contributed by atoms with Gasteiger partial charge in [0.05, 0.1) is 17.7 Å². The number of pyridine rings is 1. The summed E-state index contributed by atoms with van der Waals surface area (Å²) in [6.07, 6.45) is 1.77. The summed E-state index contributed by atoms with van der Waals surface area (Å²) >= 11 is 5.79. The Hall–Kier alpha value is -2.90. The summed E-state index contributed by atoms with van der Waals surface area (Å²) in [6.45, 7) is 2.68. The predicted molar refractivity (Wildman–Crippen MR) is 117 cm³/mol. The Morgan fingerprint density at radius 1 is 1.27 bits per heavy atom. The second kappa shape index (κ2) is 9.28. The molecule has 0 spiro atoms. The lowest BCUT2D eigenvalue weighted by Gasteiger charge is -2.27. The van der Waals surface area contributed by atoms with Crippen molar-refractivity contribution in [1.82, 2.24) is 9.47 Å². The van der Waals surface area contributed by atoms with Gasteiger partial charge in [-0.1, -0.05) is 29.8 Å². The Bertz CT molecular complexity index is 1130. The Labute approximate surface area is 178 Å². The molecule has 1 N–H and O–H groups in total. The van der Waals surface area contributed by atoms with Crippen LogP contribution in [0.1, 0.15) is 18.5 Å². The molecular weight excluding hydrogens is 409 g/mol. The smallest absolute Gasteiger partial charge is 0.322 e. The molecule has 30 heavy (non-hydrogen) atoms. The maximum absolute atomic E-state index is 13.4. The number of benzene rings is 2. The van der Waals surface area contributed by atoms with Gasteiger partial charge in [-0.2, -0.15) is 0 Å². The Morgan fingerprint density at radius 2 is 1.97 bits per heavy atom. The van der Waals surface area contributed by atoms with Crippen LogP contribution in [0.2, 0.25) is 5.02 Å². The van der Waals surface area contributed by atoms with Gasteiger partial charge in [0.2, 0.25) is 0 Å². The van der Waals surface area contributed by atoms with Crippen LogP contribution in [-0.2, 0) is 11.3 Å². The molecule has 0 saturated heterocycles. The third-order valence-corrected chi connectivity index (χ3v) is 5.37. The van der Waals surface area contributed by atoms with Crippen LogP contribution in [0.5, 0.6) is 0 Å². The second-order valence-electron chi connectivity index (χ2n) is 6.97. The van der Waals surface area contributed by atoms with Gasteiger partial charge in [-0.05, 0) is 42.1 Å². The number of amides is 2. The highest BCUT2D eigenvalue weighted by molar-refractivity contribution is 6.31. The number of urea groups is 1. The van der Waals surface area contributed by atoms with Crippen molar-refractivity contribution in [1.29, 1.82) is 0 Å². The molecule has 1 heterocycles. The number of halogens is 2. The quantitative estimate of drug-likeness (QED) is 0.617. The van der Waals surface area contributed by atoms with Gasteiger partial charge in [0, 0.05) is 38.0 Å². The summed E-state index contributed by atoms with van der Waals surface area (Å²) in [5.74, 6) is -0.554. The Balaban J connectivity index is 1.93. The molecule has 0 aliphatic rings. The van der Waals surface area contributed by atoms with Gasteiger partial charge in [0.15, 0.2) is 0 Å². The average molecular weight is 432 g/mol. The van der Waals surface area contributed by atoms with Crippen molar-refractivity contribution in [3.63, 3.8) is 0 Å². The van der Waals surface area contributed by atoms with E-state index in [0.29, 0.717) is 24.2 Å². The Morgan fingerprint density at radius 3 is 2.63 bits per heavy atom. The minimum Gasteiger partial charge on any atom is -0.383 e. The summed E-state index contributed by atoms with van der Waals surface area (Å²) < 4.78 is 20.1. The summed E-state index contributed by atoms with van der Waals surface area (Å²) in [5, 5.41) is 4.01. The summed E-state index contributed by atoms with van der Waals surface area (Å²) in [5.41, 5.74) is 1.11. The number of aromatic nitrogens is 1. The largest absolute Gasteiger partial charge is 0.383 e. The minimum atomic E-state index is -0.554. The SMILES string of the molecule is COCCn1cc([C@H](C)N(C)C(=O)Nc2ccc(F)c(Cl)c2)c2ccccc2c1=O. The number of hydrogen-bond donors (Lipinski definition) is 1. The lowest BCUT2D eigenvalue weighted by molar-refractivity contribution is 0.186. The fourth-order valence-corrected chi connectivity index (χ4v) is 3.41. The van der Waals surface area contributed by atoms with Crippen molar-refractivity contribution in [2.75, 3.05) is 26.1 Å². The van der Waals surface area contributed by atoms with Crippen molar-refractivity contribution >= 4 is 34.1 Å². The number of carbonyl (C=O) groups excluding carboxylic acids is 1. The van der Waals surface area contributed by atoms with Crippen molar-refractivity contribution < 1.29 is 13.9 Å².